The van der Waals surface area contributed by atoms with Crippen LogP contribution in [0.15, 0.2) is 22.9 Å². The molecule has 0 aliphatic carbocycles. The minimum atomic E-state index is -1.35. The summed E-state index contributed by atoms with van der Waals surface area (Å²) in [6.45, 7) is 14.5. The number of nitrogens with zero attached hydrogens (tertiary/aromatic N) is 1. The van der Waals surface area contributed by atoms with Crippen LogP contribution in [-0.2, 0) is 15.7 Å². The Bertz CT molecular complexity index is 637. The van der Waals surface area contributed by atoms with E-state index in [1.807, 2.05) is 27.7 Å². The van der Waals surface area contributed by atoms with Crippen molar-refractivity contribution in [2.75, 3.05) is 19.6 Å². The molecule has 27 heavy (non-hydrogen) atoms. The monoisotopic (exact) mass is 398 g/mol. The average molecular weight is 399 g/mol. The molecule has 0 radical (unpaired) electrons. The quantitative estimate of drug-likeness (QED) is 0.640. The Balaban J connectivity index is 1.88. The smallest absolute Gasteiger partial charge is 0.411 e. The van der Waals surface area contributed by atoms with E-state index in [0.717, 1.165) is 13.1 Å². The van der Waals surface area contributed by atoms with E-state index in [-0.39, 0.29) is 11.6 Å². The second-order valence-electron chi connectivity index (χ2n) is 8.73. The lowest BCUT2D eigenvalue weighted by atomic mass is 10.0. The second kappa shape index (κ2) is 8.75. The Morgan fingerprint density at radius 2 is 2.15 bits per heavy atom. The van der Waals surface area contributed by atoms with Crippen molar-refractivity contribution in [2.24, 2.45) is 0 Å². The van der Waals surface area contributed by atoms with E-state index < -0.39 is 22.7 Å². The maximum Gasteiger partial charge on any atom is 0.411 e. The normalized spacial score (nSPS) is 23.9. The third-order valence-electron chi connectivity index (χ3n) is 4.79. The maximum absolute atomic E-state index is 12.6. The number of rotatable bonds is 6. The minimum Gasteiger partial charge on any atom is -0.444 e. The molecule has 2 unspecified atom stereocenters. The molecule has 1 amide bonds. The first-order valence-electron chi connectivity index (χ1n) is 9.56. The number of likely N-dealkylation sites (tertiary alicyclic amines) is 1. The number of nitrogens with one attached hydrogen (secondary N) is 3. The average Bonchev–Trinajstić information content (AvgIpc) is 2.86. The lowest BCUT2D eigenvalue weighted by molar-refractivity contribution is 0.0542. The summed E-state index contributed by atoms with van der Waals surface area (Å²) < 4.78 is 21.0. The summed E-state index contributed by atoms with van der Waals surface area (Å²) in [5.74, 6) is 0. The molecule has 0 saturated carbocycles. The first-order valence-corrected chi connectivity index (χ1v) is 10.7. The van der Waals surface area contributed by atoms with E-state index >= 15 is 0 Å². The van der Waals surface area contributed by atoms with Crippen LogP contribution in [0.2, 0.25) is 0 Å². The number of allylic oxidation sites excluding steroid dienone is 1. The molecule has 8 heteroatoms. The molecule has 154 valence electrons. The van der Waals surface area contributed by atoms with Gasteiger partial charge in [-0.3, -0.25) is 10.2 Å². The summed E-state index contributed by atoms with van der Waals surface area (Å²) >= 11 is 0. The number of carbonyl (C=O) groups is 1. The lowest BCUT2D eigenvalue weighted by Gasteiger charge is -2.31. The summed E-state index contributed by atoms with van der Waals surface area (Å²) in [5.41, 5.74) is 0.286. The van der Waals surface area contributed by atoms with Crippen LogP contribution in [0.4, 0.5) is 4.79 Å². The molecule has 7 nitrogen and oxygen atoms in total. The van der Waals surface area contributed by atoms with Crippen molar-refractivity contribution in [3.8, 4) is 0 Å². The summed E-state index contributed by atoms with van der Waals surface area (Å²) in [5, 5.41) is 5.88. The molecule has 2 atom stereocenters. The Morgan fingerprint density at radius 1 is 1.44 bits per heavy atom. The van der Waals surface area contributed by atoms with E-state index in [1.54, 1.807) is 12.3 Å². The predicted molar refractivity (Wildman–Crippen MR) is 109 cm³/mol. The Morgan fingerprint density at radius 3 is 2.74 bits per heavy atom. The lowest BCUT2D eigenvalue weighted by Crippen LogP contribution is -2.43. The first kappa shape index (κ1) is 21.9. The van der Waals surface area contributed by atoms with Crippen LogP contribution in [0.5, 0.6) is 0 Å². The van der Waals surface area contributed by atoms with E-state index in [0.29, 0.717) is 17.1 Å². The van der Waals surface area contributed by atoms with Crippen molar-refractivity contribution in [3.63, 3.8) is 0 Å². The van der Waals surface area contributed by atoms with Crippen molar-refractivity contribution in [2.45, 2.75) is 71.6 Å². The molecule has 3 N–H and O–H groups in total. The molecular weight excluding hydrogens is 364 g/mol. The zero-order valence-electron chi connectivity index (χ0n) is 17.3. The van der Waals surface area contributed by atoms with Crippen LogP contribution in [0.25, 0.3) is 0 Å². The van der Waals surface area contributed by atoms with Gasteiger partial charge in [0, 0.05) is 30.5 Å². The first-order chi connectivity index (χ1) is 12.5. The standard InChI is InChI=1S/C19H34N4O3S/c1-14-16(22-17(24)26-18(2,3)4)12-15(13-20-14)27(25)21-9-11-23-10-7-8-19(23,5)6/h12-14,20-21H,7-11H2,1-6H3,(H,22,24). The summed E-state index contributed by atoms with van der Waals surface area (Å²) in [7, 11) is -1.35. The highest BCUT2D eigenvalue weighted by Crippen LogP contribution is 2.27. The highest BCUT2D eigenvalue weighted by Gasteiger charge is 2.31. The van der Waals surface area contributed by atoms with Gasteiger partial charge in [-0.2, -0.15) is 0 Å². The van der Waals surface area contributed by atoms with Crippen molar-refractivity contribution in [1.29, 1.82) is 0 Å². The van der Waals surface area contributed by atoms with Gasteiger partial charge in [-0.1, -0.05) is 0 Å². The van der Waals surface area contributed by atoms with Crippen LogP contribution < -0.4 is 15.4 Å². The number of alkyl carbamates (subject to hydrolysis) is 1. The third kappa shape index (κ3) is 6.62. The van der Waals surface area contributed by atoms with E-state index in [9.17, 15) is 9.00 Å². The van der Waals surface area contributed by atoms with E-state index in [4.69, 9.17) is 4.74 Å². The van der Waals surface area contributed by atoms with Gasteiger partial charge in [0.05, 0.1) is 10.9 Å². The highest BCUT2D eigenvalue weighted by atomic mass is 32.2. The van der Waals surface area contributed by atoms with E-state index in [1.165, 1.54) is 12.8 Å². The van der Waals surface area contributed by atoms with Gasteiger partial charge in [0.2, 0.25) is 0 Å². The molecule has 0 aromatic carbocycles. The number of ether oxygens (including phenoxy) is 1. The molecule has 2 heterocycles. The van der Waals surface area contributed by atoms with Crippen molar-refractivity contribution >= 4 is 17.1 Å². The molecule has 0 aromatic heterocycles. The number of dihydropyridines is 1. The SMILES string of the molecule is CC1NC=C(S(=O)NCCN2CCCC2(C)C)C=C1NC(=O)OC(C)(C)C. The second-order valence-corrected chi connectivity index (χ2v) is 10.0. The molecule has 0 bridgehead atoms. The van der Waals surface area contributed by atoms with Gasteiger partial charge in [-0.25, -0.2) is 13.7 Å². The molecule has 1 saturated heterocycles. The van der Waals surface area contributed by atoms with Crippen molar-refractivity contribution < 1.29 is 13.7 Å². The predicted octanol–water partition coefficient (Wildman–Crippen LogP) is 2.36. The molecule has 1 fully saturated rings. The van der Waals surface area contributed by atoms with Crippen LogP contribution >= 0.6 is 0 Å². The summed E-state index contributed by atoms with van der Waals surface area (Å²) in [6, 6.07) is -0.0938. The van der Waals surface area contributed by atoms with Gasteiger partial charge in [0.1, 0.15) is 16.6 Å². The van der Waals surface area contributed by atoms with Crippen LogP contribution in [0.3, 0.4) is 0 Å². The maximum atomic E-state index is 12.6. The van der Waals surface area contributed by atoms with Gasteiger partial charge < -0.3 is 10.1 Å². The van der Waals surface area contributed by atoms with Crippen LogP contribution in [0.1, 0.15) is 54.4 Å². The van der Waals surface area contributed by atoms with Gasteiger partial charge in [-0.05, 0) is 67.0 Å². The summed E-state index contributed by atoms with van der Waals surface area (Å²) in [6.07, 6.45) is 5.37. The number of carbonyl (C=O) groups excluding carboxylic acids is 1. The number of hydrogen-bond donors (Lipinski definition) is 3. The zero-order valence-corrected chi connectivity index (χ0v) is 18.2. The highest BCUT2D eigenvalue weighted by molar-refractivity contribution is 7.87. The molecule has 0 spiro atoms. The fourth-order valence-electron chi connectivity index (χ4n) is 3.22. The summed E-state index contributed by atoms with van der Waals surface area (Å²) in [4.78, 5) is 15.0. The fourth-order valence-corrected chi connectivity index (χ4v) is 4.08. The fraction of sp³-hybridized carbons (Fsp3) is 0.737. The Labute approximate surface area is 165 Å². The molecule has 2 rings (SSSR count). The van der Waals surface area contributed by atoms with Crippen LogP contribution in [-0.4, -0.2) is 52.0 Å². The Hall–Kier alpha value is -1.38. The molecule has 2 aliphatic heterocycles. The largest absolute Gasteiger partial charge is 0.444 e. The molecular formula is C19H34N4O3S. The molecule has 2 aliphatic rings. The Kier molecular flexibility index (Phi) is 7.10. The molecule has 0 aromatic rings. The van der Waals surface area contributed by atoms with Gasteiger partial charge in [-0.15, -0.1) is 0 Å². The van der Waals surface area contributed by atoms with Gasteiger partial charge in [0.25, 0.3) is 0 Å². The topological polar surface area (TPSA) is 82.7 Å². The van der Waals surface area contributed by atoms with E-state index in [2.05, 4.69) is 34.1 Å². The zero-order chi connectivity index (χ0) is 20.2. The van der Waals surface area contributed by atoms with Crippen molar-refractivity contribution in [3.05, 3.63) is 22.9 Å². The van der Waals surface area contributed by atoms with Gasteiger partial charge in [0.15, 0.2) is 0 Å². The van der Waals surface area contributed by atoms with Crippen LogP contribution in [0, 0.1) is 0 Å². The number of amides is 1. The minimum absolute atomic E-state index is 0.0938. The van der Waals surface area contributed by atoms with Gasteiger partial charge >= 0.3 is 6.09 Å². The third-order valence-corrected chi connectivity index (χ3v) is 5.92. The number of hydrogen-bond acceptors (Lipinski definition) is 5. The van der Waals surface area contributed by atoms with Crippen molar-refractivity contribution in [1.82, 2.24) is 20.3 Å².